The van der Waals surface area contributed by atoms with Crippen molar-refractivity contribution in [3.63, 3.8) is 0 Å². The molecule has 18 heavy (non-hydrogen) atoms. The van der Waals surface area contributed by atoms with E-state index in [0.29, 0.717) is 0 Å². The van der Waals surface area contributed by atoms with E-state index < -0.39 is 0 Å². The number of halogens is 1. The fraction of sp³-hybridized carbons (Fsp3) is 0.750. The lowest BCUT2D eigenvalue weighted by Crippen LogP contribution is -2.49. The zero-order valence-electron chi connectivity index (χ0n) is 10.9. The number of rotatable bonds is 4. The van der Waals surface area contributed by atoms with Crippen molar-refractivity contribution in [2.45, 2.75) is 51.3 Å². The number of hydrogen-bond donors (Lipinski definition) is 2. The summed E-state index contributed by atoms with van der Waals surface area (Å²) < 4.78 is 8.92. The van der Waals surface area contributed by atoms with E-state index in [0.717, 1.165) is 36.2 Å². The van der Waals surface area contributed by atoms with Crippen molar-refractivity contribution in [2.75, 3.05) is 6.61 Å². The number of ether oxygens (including phenoxy) is 1. The number of nitrogens with one attached hydrogen (secondary N) is 1. The second-order valence-corrected chi connectivity index (χ2v) is 5.77. The van der Waals surface area contributed by atoms with E-state index in [9.17, 15) is 0 Å². The lowest BCUT2D eigenvalue weighted by atomic mass is 9.86. The highest BCUT2D eigenvalue weighted by Gasteiger charge is 2.40. The highest BCUT2D eigenvalue weighted by molar-refractivity contribution is 9.10. The van der Waals surface area contributed by atoms with Gasteiger partial charge in [0.1, 0.15) is 0 Å². The Morgan fingerprint density at radius 3 is 3.00 bits per heavy atom. The fourth-order valence-electron chi connectivity index (χ4n) is 2.64. The molecule has 3 N–H and O–H groups in total. The summed E-state index contributed by atoms with van der Waals surface area (Å²) in [6.07, 6.45) is 5.12. The van der Waals surface area contributed by atoms with Crippen LogP contribution in [0, 0.1) is 0 Å². The molecule has 1 aliphatic rings. The van der Waals surface area contributed by atoms with Gasteiger partial charge in [0.2, 0.25) is 0 Å². The summed E-state index contributed by atoms with van der Waals surface area (Å²) >= 11 is 3.56. The molecular formula is C12H21BrN4O. The summed E-state index contributed by atoms with van der Waals surface area (Å²) in [5, 5.41) is 4.35. The van der Waals surface area contributed by atoms with Crippen molar-refractivity contribution < 1.29 is 4.74 Å². The molecule has 2 unspecified atom stereocenters. The van der Waals surface area contributed by atoms with Crippen LogP contribution in [0.25, 0.3) is 0 Å². The minimum absolute atomic E-state index is 0.0605. The number of hydrogen-bond acceptors (Lipinski definition) is 4. The molecule has 1 aromatic rings. The zero-order valence-corrected chi connectivity index (χ0v) is 12.5. The van der Waals surface area contributed by atoms with E-state index in [-0.39, 0.29) is 11.6 Å². The van der Waals surface area contributed by atoms with Gasteiger partial charge in [-0.2, -0.15) is 5.10 Å². The molecule has 0 saturated carbocycles. The molecule has 0 aromatic carbocycles. The maximum absolute atomic E-state index is 5.99. The summed E-state index contributed by atoms with van der Waals surface area (Å²) in [6.45, 7) is 5.80. The molecule has 1 fully saturated rings. The maximum atomic E-state index is 5.99. The summed E-state index contributed by atoms with van der Waals surface area (Å²) in [7, 11) is 0. The van der Waals surface area contributed by atoms with Crippen LogP contribution in [0.3, 0.4) is 0 Å². The van der Waals surface area contributed by atoms with Crippen molar-refractivity contribution >= 4 is 15.9 Å². The lowest BCUT2D eigenvalue weighted by molar-refractivity contribution is -0.0916. The van der Waals surface area contributed by atoms with E-state index in [2.05, 4.69) is 40.3 Å². The minimum atomic E-state index is -0.275. The average molecular weight is 317 g/mol. The molecule has 5 nitrogen and oxygen atoms in total. The molecular weight excluding hydrogens is 296 g/mol. The zero-order chi connectivity index (χ0) is 13.2. The van der Waals surface area contributed by atoms with Crippen LogP contribution in [0.1, 0.15) is 44.8 Å². The molecule has 2 atom stereocenters. The van der Waals surface area contributed by atoms with Gasteiger partial charge in [-0.05, 0) is 49.0 Å². The van der Waals surface area contributed by atoms with Gasteiger partial charge >= 0.3 is 0 Å². The monoisotopic (exact) mass is 316 g/mol. The Morgan fingerprint density at radius 1 is 1.67 bits per heavy atom. The third-order valence-corrected chi connectivity index (χ3v) is 4.29. The van der Waals surface area contributed by atoms with Crippen LogP contribution < -0.4 is 11.3 Å². The average Bonchev–Trinajstić information content (AvgIpc) is 2.73. The third-order valence-electron chi connectivity index (χ3n) is 3.68. The van der Waals surface area contributed by atoms with Gasteiger partial charge in [-0.1, -0.05) is 0 Å². The topological polar surface area (TPSA) is 65.1 Å². The van der Waals surface area contributed by atoms with Crippen molar-refractivity contribution in [2.24, 2.45) is 5.84 Å². The first-order valence-corrected chi connectivity index (χ1v) is 7.23. The van der Waals surface area contributed by atoms with Crippen molar-refractivity contribution in [3.8, 4) is 0 Å². The molecule has 0 spiro atoms. The third kappa shape index (κ3) is 2.47. The van der Waals surface area contributed by atoms with E-state index in [4.69, 9.17) is 10.6 Å². The fourth-order valence-corrected chi connectivity index (χ4v) is 3.16. The molecule has 1 aromatic heterocycles. The van der Waals surface area contributed by atoms with Gasteiger partial charge in [0, 0.05) is 13.2 Å². The Balaban J connectivity index is 2.34. The summed E-state index contributed by atoms with van der Waals surface area (Å²) in [6, 6.07) is -0.0605. The van der Waals surface area contributed by atoms with Crippen LogP contribution in [0.15, 0.2) is 10.7 Å². The van der Waals surface area contributed by atoms with Crippen LogP contribution in [-0.2, 0) is 11.3 Å². The molecule has 102 valence electrons. The first-order chi connectivity index (χ1) is 8.62. The molecule has 1 saturated heterocycles. The predicted octanol–water partition coefficient (Wildman–Crippen LogP) is 2.13. The number of hydrazine groups is 1. The van der Waals surface area contributed by atoms with Gasteiger partial charge in [-0.25, -0.2) is 5.43 Å². The molecule has 0 aliphatic carbocycles. The van der Waals surface area contributed by atoms with Gasteiger partial charge in [-0.3, -0.25) is 10.5 Å². The standard InChI is InChI=1S/C12H21BrN4O/c1-3-17-10(9(13)8-15-17)11(16-14)12(2)6-4-5-7-18-12/h8,11,16H,3-7,14H2,1-2H3. The van der Waals surface area contributed by atoms with Crippen LogP contribution in [0.5, 0.6) is 0 Å². The summed E-state index contributed by atoms with van der Waals surface area (Å²) in [5.41, 5.74) is 3.70. The quantitative estimate of drug-likeness (QED) is 0.659. The first-order valence-electron chi connectivity index (χ1n) is 6.43. The maximum Gasteiger partial charge on any atom is 0.0927 e. The Labute approximate surface area is 116 Å². The Kier molecular flexibility index (Phi) is 4.42. The number of nitrogens with zero attached hydrogens (tertiary/aromatic N) is 2. The molecule has 1 aliphatic heterocycles. The van der Waals surface area contributed by atoms with Crippen molar-refractivity contribution in [1.82, 2.24) is 15.2 Å². The predicted molar refractivity (Wildman–Crippen MR) is 73.9 cm³/mol. The Morgan fingerprint density at radius 2 is 2.44 bits per heavy atom. The van der Waals surface area contributed by atoms with Gasteiger partial charge < -0.3 is 4.74 Å². The summed E-state index contributed by atoms with van der Waals surface area (Å²) in [4.78, 5) is 0. The second-order valence-electron chi connectivity index (χ2n) is 4.91. The van der Waals surface area contributed by atoms with Crippen molar-refractivity contribution in [3.05, 3.63) is 16.4 Å². The number of aromatic nitrogens is 2. The van der Waals surface area contributed by atoms with Crippen LogP contribution in [0.2, 0.25) is 0 Å². The highest BCUT2D eigenvalue weighted by Crippen LogP contribution is 2.38. The number of aryl methyl sites for hydroxylation is 1. The van der Waals surface area contributed by atoms with Gasteiger partial charge in [0.25, 0.3) is 0 Å². The van der Waals surface area contributed by atoms with Gasteiger partial charge in [0.15, 0.2) is 0 Å². The number of nitrogens with two attached hydrogens (primary N) is 1. The van der Waals surface area contributed by atoms with Crippen LogP contribution in [-0.4, -0.2) is 22.0 Å². The largest absolute Gasteiger partial charge is 0.373 e. The Bertz CT molecular complexity index is 401. The SMILES string of the molecule is CCn1ncc(Br)c1C(NN)C1(C)CCCCO1. The smallest absolute Gasteiger partial charge is 0.0927 e. The minimum Gasteiger partial charge on any atom is -0.373 e. The van der Waals surface area contributed by atoms with E-state index in [1.807, 2.05) is 10.9 Å². The first kappa shape index (κ1) is 14.0. The van der Waals surface area contributed by atoms with E-state index in [1.54, 1.807) is 0 Å². The van der Waals surface area contributed by atoms with E-state index >= 15 is 0 Å². The normalized spacial score (nSPS) is 26.2. The molecule has 0 bridgehead atoms. The lowest BCUT2D eigenvalue weighted by Gasteiger charge is -2.40. The van der Waals surface area contributed by atoms with Crippen LogP contribution >= 0.6 is 15.9 Å². The molecule has 2 rings (SSSR count). The van der Waals surface area contributed by atoms with Crippen LogP contribution in [0.4, 0.5) is 0 Å². The molecule has 6 heteroatoms. The molecule has 0 amide bonds. The second kappa shape index (κ2) is 5.69. The molecule has 0 radical (unpaired) electrons. The summed E-state index contributed by atoms with van der Waals surface area (Å²) in [5.74, 6) is 5.78. The molecule has 2 heterocycles. The van der Waals surface area contributed by atoms with Gasteiger partial charge in [-0.15, -0.1) is 0 Å². The van der Waals surface area contributed by atoms with Gasteiger partial charge in [0.05, 0.1) is 28.0 Å². The Hall–Kier alpha value is -0.430. The highest BCUT2D eigenvalue weighted by atomic mass is 79.9. The van der Waals surface area contributed by atoms with E-state index in [1.165, 1.54) is 6.42 Å². The van der Waals surface area contributed by atoms with Crippen molar-refractivity contribution in [1.29, 1.82) is 0 Å².